The van der Waals surface area contributed by atoms with Crippen LogP contribution in [0.4, 0.5) is 10.6 Å². The number of nitrogens with one attached hydrogen (secondary N) is 2. The number of anilines is 1. The van der Waals surface area contributed by atoms with Gasteiger partial charge in [-0.05, 0) is 45.4 Å². The molecule has 0 bridgehead atoms. The van der Waals surface area contributed by atoms with Gasteiger partial charge in [0.15, 0.2) is 0 Å². The number of fused-ring (bicyclic) bond motifs is 3. The van der Waals surface area contributed by atoms with E-state index in [-0.39, 0.29) is 24.0 Å². The molecule has 1 aromatic heterocycles. The number of carbonyl (C=O) groups excluding carboxylic acids is 2. The zero-order chi connectivity index (χ0) is 24.4. The molecule has 2 aliphatic carbocycles. The molecule has 0 saturated heterocycles. The van der Waals surface area contributed by atoms with Crippen LogP contribution in [-0.4, -0.2) is 45.5 Å². The van der Waals surface area contributed by atoms with Gasteiger partial charge in [-0.3, -0.25) is 10.1 Å². The number of amides is 2. The lowest BCUT2D eigenvalue weighted by Crippen LogP contribution is -2.55. The van der Waals surface area contributed by atoms with E-state index in [0.29, 0.717) is 25.7 Å². The highest BCUT2D eigenvalue weighted by molar-refractivity contribution is 6.01. The summed E-state index contributed by atoms with van der Waals surface area (Å²) in [7, 11) is 0. The van der Waals surface area contributed by atoms with Crippen LogP contribution < -0.4 is 10.6 Å². The Kier molecular flexibility index (Phi) is 5.94. The van der Waals surface area contributed by atoms with Gasteiger partial charge in [0.2, 0.25) is 11.5 Å². The molecule has 3 aromatic rings. The predicted octanol–water partition coefficient (Wildman–Crippen LogP) is 3.95. The van der Waals surface area contributed by atoms with Crippen LogP contribution >= 0.6 is 0 Å². The number of hydrogen-bond donors (Lipinski definition) is 3. The van der Waals surface area contributed by atoms with Gasteiger partial charge in [0.1, 0.15) is 12.1 Å². The third-order valence-corrected chi connectivity index (χ3v) is 6.74. The van der Waals surface area contributed by atoms with E-state index in [1.54, 1.807) is 0 Å². The zero-order valence-corrected chi connectivity index (χ0v) is 18.8. The van der Waals surface area contributed by atoms with Crippen molar-refractivity contribution in [3.63, 3.8) is 0 Å². The van der Waals surface area contributed by atoms with Crippen LogP contribution in [0.3, 0.4) is 0 Å². The second-order valence-corrected chi connectivity index (χ2v) is 8.81. The highest BCUT2D eigenvalue weighted by atomic mass is 16.6. The number of nitrogens with zero attached hydrogens (tertiary/aromatic N) is 2. The van der Waals surface area contributed by atoms with Crippen LogP contribution in [-0.2, 0) is 9.53 Å². The highest BCUT2D eigenvalue weighted by Crippen LogP contribution is 2.44. The van der Waals surface area contributed by atoms with Crippen molar-refractivity contribution in [2.75, 3.05) is 11.9 Å². The summed E-state index contributed by atoms with van der Waals surface area (Å²) in [6, 6.07) is 15.9. The summed E-state index contributed by atoms with van der Waals surface area (Å²) in [6.45, 7) is 0.0782. The molecule has 10 nitrogen and oxygen atoms in total. The first kappa shape index (κ1) is 22.6. The Bertz CT molecular complexity index is 1230. The zero-order valence-electron chi connectivity index (χ0n) is 18.8. The molecule has 2 aromatic carbocycles. The number of hydrogen-bond acceptors (Lipinski definition) is 7. The Morgan fingerprint density at radius 2 is 1.60 bits per heavy atom. The van der Waals surface area contributed by atoms with E-state index < -0.39 is 23.5 Å². The summed E-state index contributed by atoms with van der Waals surface area (Å²) in [5.41, 5.74) is 2.64. The molecule has 2 amide bonds. The Morgan fingerprint density at radius 1 is 0.971 bits per heavy atom. The molecule has 3 N–H and O–H groups in total. The van der Waals surface area contributed by atoms with Gasteiger partial charge < -0.3 is 15.2 Å². The summed E-state index contributed by atoms with van der Waals surface area (Å²) < 4.78 is 10.1. The fraction of sp³-hybridized carbons (Fsp3) is 0.320. The lowest BCUT2D eigenvalue weighted by Gasteiger charge is -2.33. The van der Waals surface area contributed by atoms with Gasteiger partial charge >= 0.3 is 12.1 Å². The highest BCUT2D eigenvalue weighted by Gasteiger charge is 2.42. The van der Waals surface area contributed by atoms with Crippen molar-refractivity contribution in [1.82, 2.24) is 15.6 Å². The summed E-state index contributed by atoms with van der Waals surface area (Å²) in [6.07, 6.45) is 2.08. The monoisotopic (exact) mass is 476 g/mol. The number of carbonyl (C=O) groups is 3. The van der Waals surface area contributed by atoms with Crippen molar-refractivity contribution in [2.24, 2.45) is 0 Å². The van der Waals surface area contributed by atoms with Crippen LogP contribution in [0.25, 0.3) is 11.1 Å². The smallest absolute Gasteiger partial charge is 0.412 e. The topological polar surface area (TPSA) is 144 Å². The Morgan fingerprint density at radius 3 is 2.23 bits per heavy atom. The van der Waals surface area contributed by atoms with Gasteiger partial charge in [-0.25, -0.2) is 14.2 Å². The minimum Gasteiger partial charge on any atom is -0.480 e. The molecule has 0 spiro atoms. The number of benzene rings is 2. The first-order valence-electron chi connectivity index (χ1n) is 11.5. The van der Waals surface area contributed by atoms with Crippen molar-refractivity contribution >= 4 is 23.8 Å². The third kappa shape index (κ3) is 4.23. The number of carboxylic acids is 1. The minimum absolute atomic E-state index is 0.0782. The molecule has 0 unspecified atom stereocenters. The Labute approximate surface area is 200 Å². The van der Waals surface area contributed by atoms with Crippen LogP contribution in [0.15, 0.2) is 53.2 Å². The van der Waals surface area contributed by atoms with Gasteiger partial charge in [0.05, 0.1) is 0 Å². The summed E-state index contributed by atoms with van der Waals surface area (Å²) in [4.78, 5) is 37.2. The van der Waals surface area contributed by atoms with Gasteiger partial charge in [-0.2, -0.15) is 0 Å². The second kappa shape index (κ2) is 9.21. The first-order valence-corrected chi connectivity index (χ1v) is 11.5. The van der Waals surface area contributed by atoms with Gasteiger partial charge in [-0.15, -0.1) is 0 Å². The Hall–Kier alpha value is -4.21. The van der Waals surface area contributed by atoms with E-state index in [2.05, 4.69) is 25.6 Å². The summed E-state index contributed by atoms with van der Waals surface area (Å²) >= 11 is 0. The third-order valence-electron chi connectivity index (χ3n) is 6.74. The van der Waals surface area contributed by atoms with Crippen molar-refractivity contribution in [2.45, 2.75) is 43.6 Å². The molecule has 5 rings (SSSR count). The van der Waals surface area contributed by atoms with Crippen LogP contribution in [0.2, 0.25) is 0 Å². The first-order chi connectivity index (χ1) is 17.0. The van der Waals surface area contributed by atoms with Crippen molar-refractivity contribution in [3.8, 4) is 11.1 Å². The lowest BCUT2D eigenvalue weighted by molar-refractivity contribution is -0.145. The molecular weight excluding hydrogens is 452 g/mol. The molecule has 180 valence electrons. The molecule has 0 radical (unpaired) electrons. The number of ether oxygens (including phenoxy) is 1. The largest absolute Gasteiger partial charge is 0.480 e. The predicted molar refractivity (Wildman–Crippen MR) is 124 cm³/mol. The maximum atomic E-state index is 12.8. The van der Waals surface area contributed by atoms with E-state index in [4.69, 9.17) is 4.74 Å². The summed E-state index contributed by atoms with van der Waals surface area (Å²) in [5, 5.41) is 21.8. The number of aliphatic carboxylic acids is 1. The maximum absolute atomic E-state index is 12.8. The molecular formula is C25H24N4O6. The van der Waals surface area contributed by atoms with Crippen LogP contribution in [0, 0.1) is 0 Å². The fourth-order valence-corrected chi connectivity index (χ4v) is 4.97. The average molecular weight is 476 g/mol. The van der Waals surface area contributed by atoms with Crippen molar-refractivity contribution in [1.29, 1.82) is 0 Å². The standard InChI is InChI=1S/C25H24N4O6/c30-22(27-25(23(31)32)12-6-1-7-13-25)20-21(29-35-28-20)26-24(33)34-14-19-17-10-4-2-8-15(17)16-9-3-5-11-18(16)19/h2-5,8-11,19H,1,6-7,12-14H2,(H,27,30)(H,31,32)(H,26,29,33). The van der Waals surface area contributed by atoms with E-state index in [1.165, 1.54) is 0 Å². The van der Waals surface area contributed by atoms with Crippen LogP contribution in [0.1, 0.15) is 59.6 Å². The van der Waals surface area contributed by atoms with E-state index in [9.17, 15) is 19.5 Å². The molecule has 0 atom stereocenters. The molecule has 2 aliphatic rings. The number of aromatic nitrogens is 2. The SMILES string of the molecule is O=C(Nc1nonc1C(=O)NC1(C(=O)O)CCCCC1)OCC1c2ccccc2-c2ccccc21. The van der Waals surface area contributed by atoms with Crippen molar-refractivity contribution < 1.29 is 28.9 Å². The second-order valence-electron chi connectivity index (χ2n) is 8.81. The van der Waals surface area contributed by atoms with E-state index >= 15 is 0 Å². The summed E-state index contributed by atoms with van der Waals surface area (Å²) in [5.74, 6) is -2.26. The normalized spacial score (nSPS) is 16.1. The Balaban J connectivity index is 1.26. The molecule has 0 aliphatic heterocycles. The number of carboxylic acid groups (broad SMARTS) is 1. The van der Waals surface area contributed by atoms with Gasteiger partial charge in [0.25, 0.3) is 5.91 Å². The van der Waals surface area contributed by atoms with E-state index in [1.807, 2.05) is 48.5 Å². The van der Waals surface area contributed by atoms with Gasteiger partial charge in [-0.1, -0.05) is 67.8 Å². The number of rotatable bonds is 6. The maximum Gasteiger partial charge on any atom is 0.412 e. The van der Waals surface area contributed by atoms with Crippen LogP contribution in [0.5, 0.6) is 0 Å². The quantitative estimate of drug-likeness (QED) is 0.485. The van der Waals surface area contributed by atoms with E-state index in [0.717, 1.165) is 28.7 Å². The lowest BCUT2D eigenvalue weighted by atomic mass is 9.81. The molecule has 10 heteroatoms. The molecule has 1 saturated carbocycles. The minimum atomic E-state index is -1.38. The fourth-order valence-electron chi connectivity index (χ4n) is 4.97. The van der Waals surface area contributed by atoms with Gasteiger partial charge in [0, 0.05) is 5.92 Å². The van der Waals surface area contributed by atoms with Crippen molar-refractivity contribution in [3.05, 3.63) is 65.4 Å². The molecule has 1 heterocycles. The molecule has 1 fully saturated rings. The molecule has 35 heavy (non-hydrogen) atoms. The average Bonchev–Trinajstić information content (AvgIpc) is 3.46.